The molecule has 0 bridgehead atoms. The summed E-state index contributed by atoms with van der Waals surface area (Å²) in [7, 11) is 1.59. The minimum atomic E-state index is -0.123. The second kappa shape index (κ2) is 11.1. The maximum absolute atomic E-state index is 10.2. The Kier molecular flexibility index (Phi) is 13.3. The van der Waals surface area contributed by atoms with Crippen molar-refractivity contribution < 1.29 is 4.79 Å². The quantitative estimate of drug-likeness (QED) is 0.576. The van der Waals surface area contributed by atoms with Gasteiger partial charge in [0.2, 0.25) is 0 Å². The van der Waals surface area contributed by atoms with Crippen LogP contribution in [0, 0.1) is 0 Å². The topological polar surface area (TPSA) is 41.1 Å². The molecular weight excluding hydrogens is 128 g/mol. The van der Waals surface area contributed by atoms with Crippen LogP contribution in [0.1, 0.15) is 27.2 Å². The molecule has 10 heavy (non-hydrogen) atoms. The maximum atomic E-state index is 10.2. The summed E-state index contributed by atoms with van der Waals surface area (Å²) in [5.41, 5.74) is 0. The predicted octanol–water partition coefficient (Wildman–Crippen LogP) is 1.35. The summed E-state index contributed by atoms with van der Waals surface area (Å²) >= 11 is 0. The molecule has 0 aliphatic heterocycles. The lowest BCUT2D eigenvalue weighted by Gasteiger charge is -1.96. The molecule has 2 N–H and O–H groups in total. The smallest absolute Gasteiger partial charge is 0.314 e. The fourth-order valence-electron chi connectivity index (χ4n) is 0.249. The van der Waals surface area contributed by atoms with Crippen molar-refractivity contribution in [3.8, 4) is 0 Å². The van der Waals surface area contributed by atoms with Crippen molar-refractivity contribution in [3.63, 3.8) is 0 Å². The summed E-state index contributed by atoms with van der Waals surface area (Å²) in [6.45, 7) is 6.80. The van der Waals surface area contributed by atoms with Crippen LogP contribution < -0.4 is 10.6 Å². The first kappa shape index (κ1) is 12.0. The van der Waals surface area contributed by atoms with Gasteiger partial charge in [-0.25, -0.2) is 4.79 Å². The number of amides is 2. The lowest BCUT2D eigenvalue weighted by molar-refractivity contribution is 0.243. The second-order valence-electron chi connectivity index (χ2n) is 1.82. The third kappa shape index (κ3) is 15.7. The highest BCUT2D eigenvalue weighted by atomic mass is 16.2. The van der Waals surface area contributed by atoms with Gasteiger partial charge in [-0.15, -0.1) is 0 Å². The van der Waals surface area contributed by atoms with Crippen molar-refractivity contribution in [2.24, 2.45) is 0 Å². The van der Waals surface area contributed by atoms with E-state index in [1.807, 2.05) is 6.92 Å². The molecule has 3 heteroatoms. The standard InChI is InChI=1S/C4H10N2O.C3H8/c1-3-6-4(7)5-2;1-3-2/h3H2,1-2H3,(H2,5,6,7);3H2,1-2H3. The van der Waals surface area contributed by atoms with E-state index in [4.69, 9.17) is 0 Å². The lowest BCUT2D eigenvalue weighted by Crippen LogP contribution is -2.32. The van der Waals surface area contributed by atoms with Gasteiger partial charge in [-0.1, -0.05) is 20.3 Å². The Hall–Kier alpha value is -0.730. The molecule has 0 aromatic rings. The van der Waals surface area contributed by atoms with E-state index in [2.05, 4.69) is 24.5 Å². The highest BCUT2D eigenvalue weighted by molar-refractivity contribution is 5.73. The molecule has 3 nitrogen and oxygen atoms in total. The van der Waals surface area contributed by atoms with Crippen LogP contribution in [-0.4, -0.2) is 19.6 Å². The van der Waals surface area contributed by atoms with Gasteiger partial charge >= 0.3 is 6.03 Å². The molecular formula is C7H18N2O. The van der Waals surface area contributed by atoms with Crippen molar-refractivity contribution in [1.29, 1.82) is 0 Å². The van der Waals surface area contributed by atoms with Gasteiger partial charge in [-0.05, 0) is 6.92 Å². The molecule has 0 aliphatic carbocycles. The fraction of sp³-hybridized carbons (Fsp3) is 0.857. The number of carbonyl (C=O) groups is 1. The molecule has 0 unspecified atom stereocenters. The summed E-state index contributed by atoms with van der Waals surface area (Å²) in [6, 6.07) is -0.123. The SMILES string of the molecule is CCC.CCNC(=O)NC. The van der Waals surface area contributed by atoms with Crippen LogP contribution in [0.5, 0.6) is 0 Å². The normalized spacial score (nSPS) is 7.20. The van der Waals surface area contributed by atoms with Crippen molar-refractivity contribution >= 4 is 6.03 Å². The Morgan fingerprint density at radius 3 is 1.80 bits per heavy atom. The number of rotatable bonds is 1. The summed E-state index contributed by atoms with van der Waals surface area (Å²) in [6.07, 6.45) is 1.25. The Labute approximate surface area is 63.2 Å². The van der Waals surface area contributed by atoms with Crippen LogP contribution in [0.15, 0.2) is 0 Å². The van der Waals surface area contributed by atoms with Crippen molar-refractivity contribution in [2.75, 3.05) is 13.6 Å². The molecule has 2 amide bonds. The molecule has 0 atom stereocenters. The molecule has 0 saturated heterocycles. The third-order valence-electron chi connectivity index (χ3n) is 0.564. The molecule has 0 fully saturated rings. The average molecular weight is 146 g/mol. The van der Waals surface area contributed by atoms with Gasteiger partial charge in [-0.3, -0.25) is 0 Å². The van der Waals surface area contributed by atoms with Crippen molar-refractivity contribution in [2.45, 2.75) is 27.2 Å². The molecule has 0 rings (SSSR count). The number of nitrogens with one attached hydrogen (secondary N) is 2. The van der Waals surface area contributed by atoms with Crippen molar-refractivity contribution in [1.82, 2.24) is 10.6 Å². The van der Waals surface area contributed by atoms with E-state index in [1.54, 1.807) is 7.05 Å². The minimum absolute atomic E-state index is 0.123. The molecule has 0 radical (unpaired) electrons. The minimum Gasteiger partial charge on any atom is -0.341 e. The first-order valence-corrected chi connectivity index (χ1v) is 3.68. The van der Waals surface area contributed by atoms with Crippen LogP contribution in [0.3, 0.4) is 0 Å². The maximum Gasteiger partial charge on any atom is 0.314 e. The van der Waals surface area contributed by atoms with Gasteiger partial charge in [0.15, 0.2) is 0 Å². The Morgan fingerprint density at radius 2 is 1.70 bits per heavy atom. The first-order valence-electron chi connectivity index (χ1n) is 3.68. The second-order valence-corrected chi connectivity index (χ2v) is 1.82. The fourth-order valence-corrected chi connectivity index (χ4v) is 0.249. The first-order chi connectivity index (χ1) is 4.72. The van der Waals surface area contributed by atoms with Gasteiger partial charge < -0.3 is 10.6 Å². The summed E-state index contributed by atoms with van der Waals surface area (Å²) in [5, 5.41) is 4.96. The highest BCUT2D eigenvalue weighted by Crippen LogP contribution is 1.56. The van der Waals surface area contributed by atoms with Gasteiger partial charge in [0.05, 0.1) is 0 Å². The molecule has 0 aromatic carbocycles. The Bertz CT molecular complexity index is 74.0. The van der Waals surface area contributed by atoms with E-state index in [-0.39, 0.29) is 6.03 Å². The number of carbonyl (C=O) groups excluding carboxylic acids is 1. The molecule has 0 saturated carbocycles. The van der Waals surface area contributed by atoms with E-state index in [9.17, 15) is 4.79 Å². The summed E-state index contributed by atoms with van der Waals surface area (Å²) in [4.78, 5) is 10.2. The van der Waals surface area contributed by atoms with Crippen LogP contribution in [-0.2, 0) is 0 Å². The largest absolute Gasteiger partial charge is 0.341 e. The van der Waals surface area contributed by atoms with Gasteiger partial charge in [0.1, 0.15) is 0 Å². The number of hydrogen-bond acceptors (Lipinski definition) is 1. The molecule has 0 aromatic heterocycles. The van der Waals surface area contributed by atoms with E-state index in [1.165, 1.54) is 6.42 Å². The molecule has 0 aliphatic rings. The van der Waals surface area contributed by atoms with E-state index >= 15 is 0 Å². The highest BCUT2D eigenvalue weighted by Gasteiger charge is 1.86. The van der Waals surface area contributed by atoms with Crippen LogP contribution in [0.2, 0.25) is 0 Å². The Balaban J connectivity index is 0. The van der Waals surface area contributed by atoms with Gasteiger partial charge in [0, 0.05) is 13.6 Å². The zero-order valence-corrected chi connectivity index (χ0v) is 7.32. The van der Waals surface area contributed by atoms with Crippen LogP contribution >= 0.6 is 0 Å². The van der Waals surface area contributed by atoms with Crippen molar-refractivity contribution in [3.05, 3.63) is 0 Å². The lowest BCUT2D eigenvalue weighted by atomic mass is 10.6. The van der Waals surface area contributed by atoms with Crippen LogP contribution in [0.25, 0.3) is 0 Å². The van der Waals surface area contributed by atoms with Crippen LogP contribution in [0.4, 0.5) is 4.79 Å². The zero-order valence-electron chi connectivity index (χ0n) is 7.32. The number of hydrogen-bond donors (Lipinski definition) is 2. The van der Waals surface area contributed by atoms with E-state index < -0.39 is 0 Å². The van der Waals surface area contributed by atoms with Gasteiger partial charge in [-0.2, -0.15) is 0 Å². The summed E-state index contributed by atoms with van der Waals surface area (Å²) < 4.78 is 0. The zero-order chi connectivity index (χ0) is 8.41. The summed E-state index contributed by atoms with van der Waals surface area (Å²) in [5.74, 6) is 0. The van der Waals surface area contributed by atoms with E-state index in [0.717, 1.165) is 0 Å². The molecule has 0 spiro atoms. The molecule has 62 valence electrons. The number of urea groups is 1. The van der Waals surface area contributed by atoms with Gasteiger partial charge in [0.25, 0.3) is 0 Å². The predicted molar refractivity (Wildman–Crippen MR) is 44.1 cm³/mol. The average Bonchev–Trinajstić information content (AvgIpc) is 1.90. The molecule has 0 heterocycles. The monoisotopic (exact) mass is 146 g/mol. The third-order valence-corrected chi connectivity index (χ3v) is 0.564. The van der Waals surface area contributed by atoms with E-state index in [0.29, 0.717) is 6.54 Å². The Morgan fingerprint density at radius 1 is 1.30 bits per heavy atom.